The minimum Gasteiger partial charge on any atom is -0.466 e. The van der Waals surface area contributed by atoms with Crippen molar-refractivity contribution in [1.82, 2.24) is 5.32 Å². The summed E-state index contributed by atoms with van der Waals surface area (Å²) in [7, 11) is 1.29. The van der Waals surface area contributed by atoms with Gasteiger partial charge in [0, 0.05) is 0 Å². The second kappa shape index (κ2) is 8.36. The first-order valence-electron chi connectivity index (χ1n) is 7.53. The Balaban J connectivity index is 2.74. The van der Waals surface area contributed by atoms with Crippen molar-refractivity contribution < 1.29 is 19.1 Å². The van der Waals surface area contributed by atoms with E-state index in [1.807, 2.05) is 30.3 Å². The molecule has 1 aromatic rings. The highest BCUT2D eigenvalue weighted by atomic mass is 16.6. The summed E-state index contributed by atoms with van der Waals surface area (Å²) in [5, 5.41) is 2.70. The van der Waals surface area contributed by atoms with Crippen LogP contribution in [0, 0.1) is 0 Å². The molecule has 0 saturated heterocycles. The van der Waals surface area contributed by atoms with Gasteiger partial charge in [0.2, 0.25) is 0 Å². The monoisotopic (exact) mass is 319 g/mol. The van der Waals surface area contributed by atoms with Crippen LogP contribution in [0.3, 0.4) is 0 Å². The molecule has 23 heavy (non-hydrogen) atoms. The summed E-state index contributed by atoms with van der Waals surface area (Å²) in [6, 6.07) is 9.27. The van der Waals surface area contributed by atoms with Gasteiger partial charge in [-0.15, -0.1) is 0 Å². The molecule has 1 atom stereocenters. The number of alkyl carbamates (subject to hydrolysis) is 1. The topological polar surface area (TPSA) is 64.6 Å². The van der Waals surface area contributed by atoms with Crippen molar-refractivity contribution in [2.45, 2.75) is 45.3 Å². The molecule has 0 aromatic heterocycles. The van der Waals surface area contributed by atoms with Gasteiger partial charge in [-0.05, 0) is 39.2 Å². The number of benzene rings is 1. The van der Waals surface area contributed by atoms with Crippen molar-refractivity contribution >= 4 is 12.1 Å². The molecule has 1 aromatic carbocycles. The minimum absolute atomic E-state index is 0.203. The van der Waals surface area contributed by atoms with E-state index in [1.165, 1.54) is 7.11 Å². The number of hydrogen-bond donors (Lipinski definition) is 1. The van der Waals surface area contributed by atoms with Crippen LogP contribution in [0.25, 0.3) is 0 Å². The van der Waals surface area contributed by atoms with Crippen LogP contribution in [0.2, 0.25) is 0 Å². The summed E-state index contributed by atoms with van der Waals surface area (Å²) in [5.41, 5.74) is 0.705. The van der Waals surface area contributed by atoms with Crippen molar-refractivity contribution in [3.8, 4) is 0 Å². The maximum atomic E-state index is 12.0. The highest BCUT2D eigenvalue weighted by Crippen LogP contribution is 2.13. The van der Waals surface area contributed by atoms with Gasteiger partial charge in [0.05, 0.1) is 18.7 Å². The lowest BCUT2D eigenvalue weighted by Crippen LogP contribution is -2.41. The van der Waals surface area contributed by atoms with Gasteiger partial charge in [-0.3, -0.25) is 0 Å². The van der Waals surface area contributed by atoms with E-state index in [4.69, 9.17) is 9.47 Å². The molecule has 126 valence electrons. The van der Waals surface area contributed by atoms with E-state index in [1.54, 1.807) is 20.8 Å². The van der Waals surface area contributed by atoms with Gasteiger partial charge in [-0.2, -0.15) is 0 Å². The average molecular weight is 319 g/mol. The van der Waals surface area contributed by atoms with Gasteiger partial charge in [0.1, 0.15) is 5.60 Å². The Bertz CT molecular complexity index is 546. The van der Waals surface area contributed by atoms with Gasteiger partial charge in [0.15, 0.2) is 0 Å². The Hall–Kier alpha value is -2.30. The van der Waals surface area contributed by atoms with Crippen LogP contribution in [0.4, 0.5) is 4.79 Å². The quantitative estimate of drug-likeness (QED) is 0.646. The van der Waals surface area contributed by atoms with Gasteiger partial charge in [0.25, 0.3) is 0 Å². The van der Waals surface area contributed by atoms with Crippen molar-refractivity contribution in [1.29, 1.82) is 0 Å². The zero-order valence-corrected chi connectivity index (χ0v) is 14.2. The van der Waals surface area contributed by atoms with Crippen molar-refractivity contribution in [3.63, 3.8) is 0 Å². The summed E-state index contributed by atoms with van der Waals surface area (Å²) in [6.07, 6.45) is 0.634. The number of aryl methyl sites for hydroxylation is 1. The molecule has 0 saturated carbocycles. The highest BCUT2D eigenvalue weighted by Gasteiger charge is 2.24. The highest BCUT2D eigenvalue weighted by molar-refractivity contribution is 5.89. The maximum absolute atomic E-state index is 12.0. The Kier molecular flexibility index (Phi) is 6.82. The fraction of sp³-hybridized carbons (Fsp3) is 0.444. The van der Waals surface area contributed by atoms with E-state index in [2.05, 4.69) is 11.9 Å². The molecule has 0 aliphatic rings. The van der Waals surface area contributed by atoms with Gasteiger partial charge in [-0.1, -0.05) is 36.9 Å². The molecule has 0 heterocycles. The number of hydrogen-bond acceptors (Lipinski definition) is 4. The molecule has 5 heteroatoms. The Morgan fingerprint density at radius 1 is 1.22 bits per heavy atom. The molecule has 1 rings (SSSR count). The number of esters is 1. The maximum Gasteiger partial charge on any atom is 0.408 e. The first-order chi connectivity index (χ1) is 10.7. The summed E-state index contributed by atoms with van der Waals surface area (Å²) in [5.74, 6) is -0.542. The van der Waals surface area contributed by atoms with Crippen LogP contribution in [0.15, 0.2) is 42.5 Å². The molecule has 5 nitrogen and oxygen atoms in total. The molecule has 0 spiro atoms. The number of carbonyl (C=O) groups is 2. The largest absolute Gasteiger partial charge is 0.466 e. The Labute approximate surface area is 137 Å². The van der Waals surface area contributed by atoms with Crippen molar-refractivity contribution in [3.05, 3.63) is 48.0 Å². The van der Waals surface area contributed by atoms with E-state index < -0.39 is 23.7 Å². The van der Waals surface area contributed by atoms with Crippen LogP contribution in [0.5, 0.6) is 0 Å². The standard InChI is InChI=1S/C18H25NO4/c1-13(16(20)22-5)15(19-17(21)23-18(2,3)4)12-11-14-9-7-6-8-10-14/h6-10,15H,1,11-12H2,2-5H3,(H,19,21)/t15-/m0/s1. The van der Waals surface area contributed by atoms with Gasteiger partial charge in [-0.25, -0.2) is 9.59 Å². The zero-order chi connectivity index (χ0) is 17.5. The van der Waals surface area contributed by atoms with E-state index >= 15 is 0 Å². The number of ether oxygens (including phenoxy) is 2. The first kappa shape index (κ1) is 18.7. The lowest BCUT2D eigenvalue weighted by Gasteiger charge is -2.24. The molecule has 0 aliphatic heterocycles. The van der Waals surface area contributed by atoms with E-state index in [9.17, 15) is 9.59 Å². The second-order valence-electron chi connectivity index (χ2n) is 6.24. The summed E-state index contributed by atoms with van der Waals surface area (Å²) in [6.45, 7) is 9.08. The number of rotatable bonds is 6. The Morgan fingerprint density at radius 2 is 1.83 bits per heavy atom. The van der Waals surface area contributed by atoms with Gasteiger partial charge >= 0.3 is 12.1 Å². The molecule has 0 fully saturated rings. The van der Waals surface area contributed by atoms with Crippen LogP contribution in [-0.2, 0) is 20.7 Å². The predicted molar refractivity (Wildman–Crippen MR) is 89.1 cm³/mol. The van der Waals surface area contributed by atoms with E-state index in [-0.39, 0.29) is 5.57 Å². The third-order valence-electron chi connectivity index (χ3n) is 3.12. The smallest absolute Gasteiger partial charge is 0.408 e. The predicted octanol–water partition coefficient (Wildman–Crippen LogP) is 3.24. The van der Waals surface area contributed by atoms with Crippen LogP contribution >= 0.6 is 0 Å². The molecule has 1 N–H and O–H groups in total. The normalized spacial score (nSPS) is 12.2. The molecule has 0 unspecified atom stereocenters. The molecule has 1 amide bonds. The second-order valence-corrected chi connectivity index (χ2v) is 6.24. The van der Waals surface area contributed by atoms with Gasteiger partial charge < -0.3 is 14.8 Å². The minimum atomic E-state index is -0.610. The number of carbonyl (C=O) groups excluding carboxylic acids is 2. The van der Waals surface area contributed by atoms with E-state index in [0.717, 1.165) is 5.56 Å². The third kappa shape index (κ3) is 7.00. The van der Waals surface area contributed by atoms with Crippen molar-refractivity contribution in [2.75, 3.05) is 7.11 Å². The SMILES string of the molecule is C=C(C(=O)OC)[C@H](CCc1ccccc1)NC(=O)OC(C)(C)C. The number of amides is 1. The first-order valence-corrected chi connectivity index (χ1v) is 7.53. The summed E-state index contributed by atoms with van der Waals surface area (Å²) >= 11 is 0. The molecule has 0 aliphatic carbocycles. The molecular formula is C18H25NO4. The molecular weight excluding hydrogens is 294 g/mol. The summed E-state index contributed by atoms with van der Waals surface area (Å²) < 4.78 is 9.94. The number of nitrogens with one attached hydrogen (secondary N) is 1. The summed E-state index contributed by atoms with van der Waals surface area (Å²) in [4.78, 5) is 23.7. The average Bonchev–Trinajstić information content (AvgIpc) is 2.49. The Morgan fingerprint density at radius 3 is 2.35 bits per heavy atom. The molecule has 0 radical (unpaired) electrons. The van der Waals surface area contributed by atoms with Crippen LogP contribution in [0.1, 0.15) is 32.8 Å². The fourth-order valence-corrected chi connectivity index (χ4v) is 2.01. The van der Waals surface area contributed by atoms with E-state index in [0.29, 0.717) is 12.8 Å². The lowest BCUT2D eigenvalue weighted by molar-refractivity contribution is -0.136. The lowest BCUT2D eigenvalue weighted by atomic mass is 10.00. The number of methoxy groups -OCH3 is 1. The van der Waals surface area contributed by atoms with Crippen LogP contribution < -0.4 is 5.32 Å². The van der Waals surface area contributed by atoms with Crippen molar-refractivity contribution in [2.24, 2.45) is 0 Å². The zero-order valence-electron chi connectivity index (χ0n) is 14.2. The fourth-order valence-electron chi connectivity index (χ4n) is 2.01. The van der Waals surface area contributed by atoms with Crippen LogP contribution in [-0.4, -0.2) is 30.8 Å². The molecule has 0 bridgehead atoms. The third-order valence-corrected chi connectivity index (χ3v) is 3.12.